The highest BCUT2D eigenvalue weighted by atomic mass is 32.2. The van der Waals surface area contributed by atoms with Crippen molar-refractivity contribution in [3.8, 4) is 23.3 Å². The van der Waals surface area contributed by atoms with E-state index in [0.29, 0.717) is 23.5 Å². The molecular weight excluding hydrogens is 520 g/mol. The van der Waals surface area contributed by atoms with Crippen LogP contribution in [0, 0.1) is 17.8 Å². The molecule has 0 saturated carbocycles. The van der Waals surface area contributed by atoms with Gasteiger partial charge < -0.3 is 24.8 Å². The van der Waals surface area contributed by atoms with Gasteiger partial charge in [0.25, 0.3) is 0 Å². The summed E-state index contributed by atoms with van der Waals surface area (Å²) in [5.41, 5.74) is 1.23. The van der Waals surface area contributed by atoms with E-state index in [1.54, 1.807) is 57.5 Å². The second-order valence-corrected chi connectivity index (χ2v) is 11.8. The van der Waals surface area contributed by atoms with Crippen LogP contribution in [0.3, 0.4) is 0 Å². The first kappa shape index (κ1) is 30.2. The maximum Gasteiger partial charge on any atom is 0.321 e. The highest BCUT2D eigenvalue weighted by Crippen LogP contribution is 2.34. The van der Waals surface area contributed by atoms with Crippen molar-refractivity contribution >= 4 is 21.7 Å². The second-order valence-electron chi connectivity index (χ2n) is 9.98. The number of sulfonamides is 1. The number of fused-ring (bicyclic) bond motifs is 1. The largest absolute Gasteiger partial charge is 0.497 e. The van der Waals surface area contributed by atoms with Gasteiger partial charge in [0.05, 0.1) is 26.8 Å². The number of nitrogens with one attached hydrogen (secondary N) is 1. The Balaban J connectivity index is 1.92. The van der Waals surface area contributed by atoms with Crippen LogP contribution in [-0.4, -0.2) is 100 Å². The number of methoxy groups -OCH3 is 1. The molecule has 10 nitrogen and oxygen atoms in total. The van der Waals surface area contributed by atoms with Crippen molar-refractivity contribution in [2.75, 3.05) is 59.8 Å². The maximum atomic E-state index is 13.6. The third-order valence-electron chi connectivity index (χ3n) is 6.44. The number of aliphatic hydroxyl groups is 1. The van der Waals surface area contributed by atoms with Crippen molar-refractivity contribution in [1.29, 1.82) is 0 Å². The molecule has 0 aromatic heterocycles. The fourth-order valence-electron chi connectivity index (χ4n) is 4.07. The van der Waals surface area contributed by atoms with Crippen molar-refractivity contribution < 1.29 is 27.8 Å². The van der Waals surface area contributed by atoms with Crippen molar-refractivity contribution in [3.63, 3.8) is 0 Å². The first-order chi connectivity index (χ1) is 18.5. The van der Waals surface area contributed by atoms with Crippen LogP contribution in [-0.2, 0) is 10.0 Å². The molecule has 0 aliphatic carbocycles. The topological polar surface area (TPSA) is 112 Å². The quantitative estimate of drug-likeness (QED) is 0.503. The smallest absolute Gasteiger partial charge is 0.321 e. The van der Waals surface area contributed by atoms with Crippen LogP contribution in [0.2, 0.25) is 0 Å². The molecule has 1 aliphatic rings. The number of hydrogen-bond donors (Lipinski definition) is 2. The summed E-state index contributed by atoms with van der Waals surface area (Å²) in [4.78, 5) is 16.4. The standard InChI is InChI=1S/C28H38N4O6S/c1-20-17-32(21(2)19-33)39(35,36)27-14-9-22(8-7-15-30(3)4)16-25(27)38-26(20)18-31(5)28(34)29-23-10-12-24(37-6)13-11-23/h9-14,16,20-21,26,33H,15,17-19H2,1-6H3,(H,29,34)/t20-,21+,26+/m1/s1. The summed E-state index contributed by atoms with van der Waals surface area (Å²) in [6.07, 6.45) is -0.538. The molecule has 2 aromatic rings. The zero-order valence-electron chi connectivity index (χ0n) is 23.3. The van der Waals surface area contributed by atoms with Crippen LogP contribution in [0.1, 0.15) is 19.4 Å². The summed E-state index contributed by atoms with van der Waals surface area (Å²) in [5, 5.41) is 12.7. The van der Waals surface area contributed by atoms with Crippen LogP contribution >= 0.6 is 0 Å². The molecule has 3 rings (SSSR count). The molecule has 2 N–H and O–H groups in total. The number of ether oxygens (including phenoxy) is 2. The van der Waals surface area contributed by atoms with Crippen LogP contribution < -0.4 is 14.8 Å². The summed E-state index contributed by atoms with van der Waals surface area (Å²) >= 11 is 0. The molecule has 2 amide bonds. The van der Waals surface area contributed by atoms with Gasteiger partial charge >= 0.3 is 6.03 Å². The van der Waals surface area contributed by atoms with E-state index in [0.717, 1.165) is 0 Å². The normalized spacial score (nSPS) is 19.4. The lowest BCUT2D eigenvalue weighted by Crippen LogP contribution is -2.50. The van der Waals surface area contributed by atoms with Crippen LogP contribution in [0.4, 0.5) is 10.5 Å². The third-order valence-corrected chi connectivity index (χ3v) is 8.46. The number of amides is 2. The predicted molar refractivity (Wildman–Crippen MR) is 151 cm³/mol. The minimum Gasteiger partial charge on any atom is -0.497 e. The Hall–Kier alpha value is -3.30. The molecule has 0 bridgehead atoms. The third kappa shape index (κ3) is 7.64. The van der Waals surface area contributed by atoms with Gasteiger partial charge in [0.15, 0.2) is 0 Å². The summed E-state index contributed by atoms with van der Waals surface area (Å²) in [5.74, 6) is 6.64. The molecule has 0 radical (unpaired) electrons. The van der Waals surface area contributed by atoms with E-state index in [2.05, 4.69) is 17.2 Å². The number of likely N-dealkylation sites (N-methyl/N-ethyl adjacent to an activating group) is 1. The predicted octanol–water partition coefficient (Wildman–Crippen LogP) is 2.54. The Morgan fingerprint density at radius 1 is 1.23 bits per heavy atom. The van der Waals surface area contributed by atoms with Gasteiger partial charge in [-0.15, -0.1) is 0 Å². The van der Waals surface area contributed by atoms with Crippen molar-refractivity contribution in [2.24, 2.45) is 5.92 Å². The fraction of sp³-hybridized carbons (Fsp3) is 0.464. The highest BCUT2D eigenvalue weighted by Gasteiger charge is 2.38. The molecule has 0 spiro atoms. The van der Waals surface area contributed by atoms with Gasteiger partial charge in [-0.2, -0.15) is 4.31 Å². The monoisotopic (exact) mass is 558 g/mol. The average Bonchev–Trinajstić information content (AvgIpc) is 2.90. The molecular formula is C28H38N4O6S. The van der Waals surface area contributed by atoms with Crippen LogP contribution in [0.15, 0.2) is 47.4 Å². The Morgan fingerprint density at radius 2 is 1.92 bits per heavy atom. The van der Waals surface area contributed by atoms with E-state index in [1.165, 1.54) is 15.3 Å². The number of nitrogens with zero attached hydrogens (tertiary/aromatic N) is 3. The van der Waals surface area contributed by atoms with Gasteiger partial charge in [-0.25, -0.2) is 13.2 Å². The van der Waals surface area contributed by atoms with Crippen LogP contribution in [0.5, 0.6) is 11.5 Å². The average molecular weight is 559 g/mol. The van der Waals surface area contributed by atoms with Gasteiger partial charge in [-0.1, -0.05) is 18.8 Å². The Kier molecular flexibility index (Phi) is 10.2. The minimum atomic E-state index is -3.96. The molecule has 3 atom stereocenters. The second kappa shape index (κ2) is 13.2. The van der Waals surface area contributed by atoms with E-state index >= 15 is 0 Å². The number of hydrogen-bond acceptors (Lipinski definition) is 7. The lowest BCUT2D eigenvalue weighted by molar-refractivity contribution is 0.0830. The van der Waals surface area contributed by atoms with Gasteiger partial charge in [0.1, 0.15) is 22.5 Å². The van der Waals surface area contributed by atoms with Gasteiger partial charge in [-0.05, 0) is 63.5 Å². The van der Waals surface area contributed by atoms with E-state index in [4.69, 9.17) is 9.47 Å². The maximum absolute atomic E-state index is 13.6. The minimum absolute atomic E-state index is 0.00296. The van der Waals surface area contributed by atoms with Gasteiger partial charge in [0, 0.05) is 36.8 Å². The van der Waals surface area contributed by atoms with E-state index < -0.39 is 22.2 Å². The number of carbonyl (C=O) groups is 1. The summed E-state index contributed by atoms with van der Waals surface area (Å²) in [6.45, 7) is 4.07. The summed E-state index contributed by atoms with van der Waals surface area (Å²) in [7, 11) is 3.09. The fourth-order valence-corrected chi connectivity index (χ4v) is 5.89. The summed E-state index contributed by atoms with van der Waals surface area (Å²) < 4.78 is 40.1. The van der Waals surface area contributed by atoms with Gasteiger partial charge in [-0.3, -0.25) is 4.90 Å². The van der Waals surface area contributed by atoms with E-state index in [1.807, 2.05) is 25.9 Å². The zero-order valence-corrected chi connectivity index (χ0v) is 24.2. The number of urea groups is 1. The number of benzene rings is 2. The number of aliphatic hydroxyl groups excluding tert-OH is 1. The molecule has 39 heavy (non-hydrogen) atoms. The molecule has 11 heteroatoms. The number of rotatable bonds is 7. The molecule has 2 aromatic carbocycles. The molecule has 0 saturated heterocycles. The molecule has 0 fully saturated rings. The van der Waals surface area contributed by atoms with Crippen molar-refractivity contribution in [1.82, 2.24) is 14.1 Å². The number of carbonyl (C=O) groups excluding carboxylic acids is 1. The Labute approximate surface area is 231 Å². The Morgan fingerprint density at radius 3 is 2.54 bits per heavy atom. The lowest BCUT2D eigenvalue weighted by atomic mass is 10.0. The van der Waals surface area contributed by atoms with Crippen molar-refractivity contribution in [3.05, 3.63) is 48.0 Å². The zero-order chi connectivity index (χ0) is 28.7. The first-order valence-electron chi connectivity index (χ1n) is 12.7. The highest BCUT2D eigenvalue weighted by molar-refractivity contribution is 7.89. The SMILES string of the molecule is COc1ccc(NC(=O)N(C)C[C@@H]2Oc3cc(C#CCN(C)C)ccc3S(=O)(=O)N([C@@H](C)CO)C[C@H]2C)cc1. The van der Waals surface area contributed by atoms with Crippen molar-refractivity contribution in [2.45, 2.75) is 30.9 Å². The van der Waals surface area contributed by atoms with Gasteiger partial charge in [0.2, 0.25) is 10.0 Å². The molecule has 1 aliphatic heterocycles. The van der Waals surface area contributed by atoms with Crippen LogP contribution in [0.25, 0.3) is 0 Å². The lowest BCUT2D eigenvalue weighted by Gasteiger charge is -2.37. The number of anilines is 1. The first-order valence-corrected chi connectivity index (χ1v) is 14.1. The molecule has 212 valence electrons. The summed E-state index contributed by atoms with van der Waals surface area (Å²) in [6, 6.07) is 10.8. The van der Waals surface area contributed by atoms with E-state index in [9.17, 15) is 18.3 Å². The Bertz CT molecular complexity index is 1300. The van der Waals surface area contributed by atoms with E-state index in [-0.39, 0.29) is 42.3 Å². The molecule has 0 unspecified atom stereocenters. The molecule has 1 heterocycles.